The minimum atomic E-state index is -0.633. The van der Waals surface area contributed by atoms with E-state index in [1.54, 1.807) is 12.1 Å². The molecule has 0 aromatic carbocycles. The van der Waals surface area contributed by atoms with E-state index >= 15 is 0 Å². The monoisotopic (exact) mass is 250 g/mol. The molecule has 0 aliphatic carbocycles. The van der Waals surface area contributed by atoms with Gasteiger partial charge in [-0.2, -0.15) is 4.98 Å². The van der Waals surface area contributed by atoms with Crippen molar-refractivity contribution in [2.24, 2.45) is 0 Å². The van der Waals surface area contributed by atoms with E-state index in [0.717, 1.165) is 0 Å². The lowest BCUT2D eigenvalue weighted by Crippen LogP contribution is -2.62. The maximum atomic E-state index is 11.9. The number of nitrogens with two attached hydrogens (primary N) is 1. The molecule has 0 radical (unpaired) electrons. The van der Waals surface area contributed by atoms with E-state index in [9.17, 15) is 4.79 Å². The summed E-state index contributed by atoms with van der Waals surface area (Å²) in [6.45, 7) is 5.05. The van der Waals surface area contributed by atoms with Gasteiger partial charge in [0.15, 0.2) is 0 Å². The summed E-state index contributed by atoms with van der Waals surface area (Å²) in [5.41, 5.74) is 5.59. The summed E-state index contributed by atoms with van der Waals surface area (Å²) in [6.07, 6.45) is 0. The van der Waals surface area contributed by atoms with Crippen molar-refractivity contribution in [3.63, 3.8) is 0 Å². The van der Waals surface area contributed by atoms with Crippen LogP contribution in [0.1, 0.15) is 13.8 Å². The Bertz CT molecular complexity index is 473. The Morgan fingerprint density at radius 3 is 2.89 bits per heavy atom. The van der Waals surface area contributed by atoms with Gasteiger partial charge >= 0.3 is 0 Å². The third-order valence-corrected chi connectivity index (χ3v) is 3.20. The van der Waals surface area contributed by atoms with Gasteiger partial charge in [-0.15, -0.1) is 0 Å². The number of ether oxygens (including phenoxy) is 1. The first-order valence-electron chi connectivity index (χ1n) is 5.83. The Hall–Kier alpha value is -1.98. The first-order chi connectivity index (χ1) is 8.46. The molecule has 1 aromatic heterocycles. The van der Waals surface area contributed by atoms with Crippen molar-refractivity contribution in [2.45, 2.75) is 19.4 Å². The molecular weight excluding hydrogens is 232 g/mol. The molecule has 0 spiro atoms. The molecule has 3 N–H and O–H groups in total. The van der Waals surface area contributed by atoms with Crippen LogP contribution in [0.4, 0.5) is 11.5 Å². The van der Waals surface area contributed by atoms with Gasteiger partial charge in [-0.1, -0.05) is 0 Å². The molecular formula is C12H18N4O2. The lowest BCUT2D eigenvalue weighted by atomic mass is 9.99. The minimum absolute atomic E-state index is 0.00802. The molecule has 0 unspecified atom stereocenters. The van der Waals surface area contributed by atoms with Crippen LogP contribution in [0.2, 0.25) is 0 Å². The number of hydrogen-bond acceptors (Lipinski definition) is 5. The number of pyridine rings is 1. The number of piperazine rings is 1. The Morgan fingerprint density at radius 2 is 2.22 bits per heavy atom. The van der Waals surface area contributed by atoms with Crippen molar-refractivity contribution in [3.8, 4) is 5.88 Å². The maximum absolute atomic E-state index is 11.9. The number of carbonyl (C=O) groups is 1. The van der Waals surface area contributed by atoms with Crippen LogP contribution in [0.5, 0.6) is 5.88 Å². The fourth-order valence-electron chi connectivity index (χ4n) is 2.06. The van der Waals surface area contributed by atoms with Gasteiger partial charge in [0.1, 0.15) is 11.4 Å². The van der Waals surface area contributed by atoms with Crippen molar-refractivity contribution in [2.75, 3.05) is 30.8 Å². The molecule has 98 valence electrons. The Balaban J connectivity index is 2.38. The summed E-state index contributed by atoms with van der Waals surface area (Å²) in [5.74, 6) is 1.07. The highest BCUT2D eigenvalue weighted by Crippen LogP contribution is 2.28. The molecule has 1 aromatic rings. The first-order valence-corrected chi connectivity index (χ1v) is 5.83. The highest BCUT2D eigenvalue weighted by Gasteiger charge is 2.38. The zero-order valence-electron chi connectivity index (χ0n) is 10.9. The number of nitrogen functional groups attached to an aromatic ring is 1. The van der Waals surface area contributed by atoms with Gasteiger partial charge in [0.25, 0.3) is 0 Å². The van der Waals surface area contributed by atoms with Gasteiger partial charge in [-0.25, -0.2) is 0 Å². The standard InChI is InChI=1S/C12H18N4O2/c1-12(2)11(17)14-6-7-16(12)9-5-4-8(13)10(15-9)18-3/h4-5H,6-7,13H2,1-3H3,(H,14,17). The average Bonchev–Trinajstić information content (AvgIpc) is 2.34. The predicted molar refractivity (Wildman–Crippen MR) is 69.6 cm³/mol. The number of amides is 1. The molecule has 1 fully saturated rings. The number of aromatic nitrogens is 1. The molecule has 1 aliphatic rings. The average molecular weight is 250 g/mol. The van der Waals surface area contributed by atoms with Gasteiger partial charge in [-0.05, 0) is 26.0 Å². The van der Waals surface area contributed by atoms with Gasteiger partial charge in [0.2, 0.25) is 11.8 Å². The number of nitrogens with zero attached hydrogens (tertiary/aromatic N) is 2. The van der Waals surface area contributed by atoms with Gasteiger partial charge < -0.3 is 20.7 Å². The highest BCUT2D eigenvalue weighted by atomic mass is 16.5. The number of carbonyl (C=O) groups excluding carboxylic acids is 1. The van der Waals surface area contributed by atoms with E-state index < -0.39 is 5.54 Å². The summed E-state index contributed by atoms with van der Waals surface area (Å²) < 4.78 is 5.11. The second kappa shape index (κ2) is 4.36. The van der Waals surface area contributed by atoms with Crippen LogP contribution in [0, 0.1) is 0 Å². The van der Waals surface area contributed by atoms with E-state index in [2.05, 4.69) is 10.3 Å². The summed E-state index contributed by atoms with van der Waals surface area (Å²) in [5, 5.41) is 2.85. The van der Waals surface area contributed by atoms with Crippen LogP contribution in [-0.2, 0) is 4.79 Å². The lowest BCUT2D eigenvalue weighted by molar-refractivity contribution is -0.126. The molecule has 18 heavy (non-hydrogen) atoms. The van der Waals surface area contributed by atoms with Gasteiger partial charge in [0, 0.05) is 13.1 Å². The largest absolute Gasteiger partial charge is 0.479 e. The summed E-state index contributed by atoms with van der Waals surface area (Å²) >= 11 is 0. The Labute approximate surface area is 106 Å². The summed E-state index contributed by atoms with van der Waals surface area (Å²) in [6, 6.07) is 3.54. The molecule has 1 aliphatic heterocycles. The van der Waals surface area contributed by atoms with Crippen LogP contribution < -0.4 is 20.7 Å². The third kappa shape index (κ3) is 1.94. The summed E-state index contributed by atoms with van der Waals surface area (Å²) in [4.78, 5) is 18.2. The normalized spacial score (nSPS) is 18.4. The second-order valence-corrected chi connectivity index (χ2v) is 4.73. The van der Waals surface area contributed by atoms with E-state index in [1.807, 2.05) is 18.7 Å². The topological polar surface area (TPSA) is 80.5 Å². The number of anilines is 2. The number of hydrogen-bond donors (Lipinski definition) is 2. The van der Waals surface area contributed by atoms with Crippen LogP contribution in [0.15, 0.2) is 12.1 Å². The van der Waals surface area contributed by atoms with Crippen LogP contribution >= 0.6 is 0 Å². The van der Waals surface area contributed by atoms with Crippen LogP contribution in [-0.4, -0.2) is 36.6 Å². The minimum Gasteiger partial charge on any atom is -0.479 e. The fraction of sp³-hybridized carbons (Fsp3) is 0.500. The van der Waals surface area contributed by atoms with E-state index in [1.165, 1.54) is 7.11 Å². The quantitative estimate of drug-likeness (QED) is 0.793. The predicted octanol–water partition coefficient (Wildman–Crippen LogP) is 0.387. The SMILES string of the molecule is COc1nc(N2CCNC(=O)C2(C)C)ccc1N. The molecule has 1 amide bonds. The highest BCUT2D eigenvalue weighted by molar-refractivity contribution is 5.90. The summed E-state index contributed by atoms with van der Waals surface area (Å²) in [7, 11) is 1.52. The molecule has 0 saturated carbocycles. The first kappa shape index (κ1) is 12.5. The maximum Gasteiger partial charge on any atom is 0.245 e. The number of nitrogens with one attached hydrogen (secondary N) is 1. The van der Waals surface area contributed by atoms with E-state index in [4.69, 9.17) is 10.5 Å². The zero-order chi connectivity index (χ0) is 13.3. The van der Waals surface area contributed by atoms with Crippen molar-refractivity contribution >= 4 is 17.4 Å². The Kier molecular flexibility index (Phi) is 3.02. The molecule has 6 heteroatoms. The third-order valence-electron chi connectivity index (χ3n) is 3.20. The van der Waals surface area contributed by atoms with Gasteiger partial charge in [0.05, 0.1) is 12.8 Å². The number of rotatable bonds is 2. The van der Waals surface area contributed by atoms with Crippen molar-refractivity contribution in [1.82, 2.24) is 10.3 Å². The molecule has 1 saturated heterocycles. The smallest absolute Gasteiger partial charge is 0.245 e. The van der Waals surface area contributed by atoms with Crippen molar-refractivity contribution < 1.29 is 9.53 Å². The Morgan fingerprint density at radius 1 is 1.50 bits per heavy atom. The van der Waals surface area contributed by atoms with Crippen molar-refractivity contribution in [3.05, 3.63) is 12.1 Å². The molecule has 6 nitrogen and oxygen atoms in total. The van der Waals surface area contributed by atoms with Crippen LogP contribution in [0.3, 0.4) is 0 Å². The fourth-order valence-corrected chi connectivity index (χ4v) is 2.06. The molecule has 0 bridgehead atoms. The lowest BCUT2D eigenvalue weighted by Gasteiger charge is -2.42. The number of methoxy groups -OCH3 is 1. The van der Waals surface area contributed by atoms with Crippen LogP contribution in [0.25, 0.3) is 0 Å². The van der Waals surface area contributed by atoms with E-state index in [-0.39, 0.29) is 5.91 Å². The molecule has 2 heterocycles. The zero-order valence-corrected chi connectivity index (χ0v) is 10.9. The molecule has 0 atom stereocenters. The van der Waals surface area contributed by atoms with E-state index in [0.29, 0.717) is 30.5 Å². The van der Waals surface area contributed by atoms with Gasteiger partial charge in [-0.3, -0.25) is 4.79 Å². The second-order valence-electron chi connectivity index (χ2n) is 4.73. The van der Waals surface area contributed by atoms with Crippen molar-refractivity contribution in [1.29, 1.82) is 0 Å². The molecule has 2 rings (SSSR count).